The van der Waals surface area contributed by atoms with Crippen molar-refractivity contribution in [3.8, 4) is 11.4 Å². The van der Waals surface area contributed by atoms with E-state index in [-0.39, 0.29) is 6.03 Å². The average molecular weight is 358 g/mol. The van der Waals surface area contributed by atoms with E-state index >= 15 is 0 Å². The predicted octanol–water partition coefficient (Wildman–Crippen LogP) is 1.23. The molecule has 1 saturated heterocycles. The van der Waals surface area contributed by atoms with Crippen LogP contribution in [0.5, 0.6) is 0 Å². The van der Waals surface area contributed by atoms with Crippen molar-refractivity contribution in [1.29, 1.82) is 0 Å². The lowest BCUT2D eigenvalue weighted by Gasteiger charge is -2.23. The molecule has 1 aliphatic rings. The second-order valence-electron chi connectivity index (χ2n) is 6.85. The molecule has 2 heterocycles. The van der Waals surface area contributed by atoms with Crippen LogP contribution in [0.2, 0.25) is 0 Å². The highest BCUT2D eigenvalue weighted by molar-refractivity contribution is 5.89. The van der Waals surface area contributed by atoms with Gasteiger partial charge in [0.05, 0.1) is 7.05 Å². The molecule has 140 valence electrons. The number of rotatable bonds is 5. The second-order valence-corrected chi connectivity index (χ2v) is 6.85. The van der Waals surface area contributed by atoms with Gasteiger partial charge in [0.15, 0.2) is 0 Å². The maximum atomic E-state index is 12.4. The first kappa shape index (κ1) is 18.3. The number of nitrogens with one attached hydrogen (secondary N) is 3. The molecule has 0 bridgehead atoms. The molecule has 0 aliphatic carbocycles. The van der Waals surface area contributed by atoms with Crippen LogP contribution in [0.1, 0.15) is 20.3 Å². The van der Waals surface area contributed by atoms with E-state index in [1.165, 1.54) is 4.80 Å². The lowest BCUT2D eigenvalue weighted by Crippen LogP contribution is -2.35. The summed E-state index contributed by atoms with van der Waals surface area (Å²) in [6.45, 7) is 5.03. The number of hydrogen-bond donors (Lipinski definition) is 3. The predicted molar refractivity (Wildman–Crippen MR) is 99.2 cm³/mol. The largest absolute Gasteiger partial charge is 0.328 e. The Hall–Kier alpha value is -2.52. The average Bonchev–Trinajstić information content (AvgIpc) is 3.19. The molecule has 9 heteroatoms. The van der Waals surface area contributed by atoms with Crippen molar-refractivity contribution in [2.24, 2.45) is 13.0 Å². The van der Waals surface area contributed by atoms with Crippen molar-refractivity contribution >= 4 is 11.7 Å². The first-order valence-corrected chi connectivity index (χ1v) is 8.81. The van der Waals surface area contributed by atoms with Gasteiger partial charge in [-0.05, 0) is 55.7 Å². The Kier molecular flexibility index (Phi) is 5.48. The van der Waals surface area contributed by atoms with Crippen molar-refractivity contribution in [1.82, 2.24) is 36.0 Å². The molecule has 2 aromatic rings. The number of carbonyl (C=O) groups is 1. The van der Waals surface area contributed by atoms with Crippen LogP contribution in [-0.2, 0) is 7.05 Å². The zero-order valence-corrected chi connectivity index (χ0v) is 15.6. The van der Waals surface area contributed by atoms with E-state index in [1.807, 2.05) is 31.3 Å². The van der Waals surface area contributed by atoms with Gasteiger partial charge < -0.3 is 10.2 Å². The fourth-order valence-electron chi connectivity index (χ4n) is 3.18. The lowest BCUT2D eigenvalue weighted by atomic mass is 9.93. The number of tetrazole rings is 1. The molecule has 26 heavy (non-hydrogen) atoms. The van der Waals surface area contributed by atoms with Crippen LogP contribution >= 0.6 is 0 Å². The standard InChI is InChI=1S/C17H26N8O/c1-11-15(12(2)20-19-11)9-10-24(3)17(26)18-14-7-5-13(6-8-14)16-21-23-25(4)22-16/h5-8,11-12,15,19-20H,9-10H2,1-4H3,(H,18,26). The summed E-state index contributed by atoms with van der Waals surface area (Å²) in [6.07, 6.45) is 0.948. The summed E-state index contributed by atoms with van der Waals surface area (Å²) in [5.74, 6) is 1.06. The molecule has 0 saturated carbocycles. The highest BCUT2D eigenvalue weighted by atomic mass is 16.2. The zero-order chi connectivity index (χ0) is 18.7. The summed E-state index contributed by atoms with van der Waals surface area (Å²) in [4.78, 5) is 15.5. The molecule has 2 atom stereocenters. The molecule has 2 unspecified atom stereocenters. The second kappa shape index (κ2) is 7.79. The minimum atomic E-state index is -0.116. The number of benzene rings is 1. The zero-order valence-electron chi connectivity index (χ0n) is 15.6. The Balaban J connectivity index is 1.52. The fourth-order valence-corrected chi connectivity index (χ4v) is 3.18. The van der Waals surface area contributed by atoms with Crippen molar-refractivity contribution in [2.45, 2.75) is 32.4 Å². The number of aryl methyl sites for hydroxylation is 1. The van der Waals surface area contributed by atoms with Crippen molar-refractivity contribution in [2.75, 3.05) is 18.9 Å². The third kappa shape index (κ3) is 4.17. The summed E-state index contributed by atoms with van der Waals surface area (Å²) in [7, 11) is 3.54. The van der Waals surface area contributed by atoms with Gasteiger partial charge in [-0.25, -0.2) is 4.79 Å². The highest BCUT2D eigenvalue weighted by Gasteiger charge is 2.29. The molecule has 0 radical (unpaired) electrons. The minimum Gasteiger partial charge on any atom is -0.328 e. The van der Waals surface area contributed by atoms with Gasteiger partial charge >= 0.3 is 6.03 Å². The molecular weight excluding hydrogens is 332 g/mol. The van der Waals surface area contributed by atoms with E-state index in [1.54, 1.807) is 11.9 Å². The Bertz CT molecular complexity index is 733. The van der Waals surface area contributed by atoms with Crippen LogP contribution in [0.4, 0.5) is 10.5 Å². The third-order valence-electron chi connectivity index (χ3n) is 4.87. The van der Waals surface area contributed by atoms with Gasteiger partial charge in [0.25, 0.3) is 0 Å². The van der Waals surface area contributed by atoms with Crippen LogP contribution in [-0.4, -0.2) is 56.8 Å². The van der Waals surface area contributed by atoms with Gasteiger partial charge in [-0.2, -0.15) is 4.80 Å². The molecule has 3 rings (SSSR count). The van der Waals surface area contributed by atoms with Gasteiger partial charge in [-0.3, -0.25) is 10.9 Å². The van der Waals surface area contributed by atoms with E-state index in [4.69, 9.17) is 0 Å². The maximum Gasteiger partial charge on any atom is 0.321 e. The van der Waals surface area contributed by atoms with Gasteiger partial charge in [0.2, 0.25) is 5.82 Å². The topological polar surface area (TPSA) is 100 Å². The van der Waals surface area contributed by atoms with Crippen LogP contribution in [0.3, 0.4) is 0 Å². The van der Waals surface area contributed by atoms with E-state index in [2.05, 4.69) is 45.4 Å². The molecule has 2 amide bonds. The summed E-state index contributed by atoms with van der Waals surface area (Å²) in [5, 5.41) is 14.9. The number of hydrazine groups is 1. The molecule has 1 aliphatic heterocycles. The Morgan fingerprint density at radius 3 is 2.46 bits per heavy atom. The van der Waals surface area contributed by atoms with Gasteiger partial charge in [-0.15, -0.1) is 10.2 Å². The van der Waals surface area contributed by atoms with E-state index in [9.17, 15) is 4.79 Å². The maximum absolute atomic E-state index is 12.4. The summed E-state index contributed by atoms with van der Waals surface area (Å²) < 4.78 is 0. The molecule has 3 N–H and O–H groups in total. The molecule has 1 fully saturated rings. The van der Waals surface area contributed by atoms with Crippen LogP contribution < -0.4 is 16.2 Å². The Labute approximate surface area is 153 Å². The van der Waals surface area contributed by atoms with E-state index in [0.29, 0.717) is 30.4 Å². The molecule has 9 nitrogen and oxygen atoms in total. The monoisotopic (exact) mass is 358 g/mol. The Morgan fingerprint density at radius 2 is 1.88 bits per heavy atom. The minimum absolute atomic E-state index is 0.116. The number of nitrogens with zero attached hydrogens (tertiary/aromatic N) is 5. The molecule has 0 spiro atoms. The summed E-state index contributed by atoms with van der Waals surface area (Å²) >= 11 is 0. The summed E-state index contributed by atoms with van der Waals surface area (Å²) in [6, 6.07) is 8.11. The van der Waals surface area contributed by atoms with E-state index < -0.39 is 0 Å². The Morgan fingerprint density at radius 1 is 1.23 bits per heavy atom. The number of carbonyl (C=O) groups excluding carboxylic acids is 1. The van der Waals surface area contributed by atoms with E-state index in [0.717, 1.165) is 17.7 Å². The molecule has 1 aromatic heterocycles. The number of hydrogen-bond acceptors (Lipinski definition) is 6. The highest BCUT2D eigenvalue weighted by Crippen LogP contribution is 2.20. The van der Waals surface area contributed by atoms with Gasteiger partial charge in [-0.1, -0.05) is 0 Å². The van der Waals surface area contributed by atoms with Crippen LogP contribution in [0.25, 0.3) is 11.4 Å². The van der Waals surface area contributed by atoms with Crippen molar-refractivity contribution in [3.05, 3.63) is 24.3 Å². The lowest BCUT2D eigenvalue weighted by molar-refractivity contribution is 0.217. The first-order chi connectivity index (χ1) is 12.4. The normalized spacial score (nSPS) is 22.4. The SMILES string of the molecule is CC1NNC(C)C1CCN(C)C(=O)Nc1ccc(-c2nnn(C)n2)cc1. The van der Waals surface area contributed by atoms with Gasteiger partial charge in [0, 0.05) is 36.9 Å². The quantitative estimate of drug-likeness (QED) is 0.743. The number of urea groups is 1. The third-order valence-corrected chi connectivity index (χ3v) is 4.87. The molecule has 1 aromatic carbocycles. The number of anilines is 1. The smallest absolute Gasteiger partial charge is 0.321 e. The molecular formula is C17H26N8O. The number of amides is 2. The van der Waals surface area contributed by atoms with Crippen LogP contribution in [0, 0.1) is 5.92 Å². The van der Waals surface area contributed by atoms with Gasteiger partial charge in [0.1, 0.15) is 0 Å². The van der Waals surface area contributed by atoms with Crippen LogP contribution in [0.15, 0.2) is 24.3 Å². The van der Waals surface area contributed by atoms with Crippen molar-refractivity contribution < 1.29 is 4.79 Å². The van der Waals surface area contributed by atoms with Crippen molar-refractivity contribution in [3.63, 3.8) is 0 Å². The first-order valence-electron chi connectivity index (χ1n) is 8.81. The summed E-state index contributed by atoms with van der Waals surface area (Å²) in [5.41, 5.74) is 8.09. The number of aromatic nitrogens is 4. The fraction of sp³-hybridized carbons (Fsp3) is 0.529.